The molecule has 14 heavy (non-hydrogen) atoms. The van der Waals surface area contributed by atoms with Gasteiger partial charge in [-0.05, 0) is 31.2 Å². The lowest BCUT2D eigenvalue weighted by molar-refractivity contribution is 0.0489. The van der Waals surface area contributed by atoms with Crippen LogP contribution in [0, 0.1) is 0 Å². The van der Waals surface area contributed by atoms with E-state index in [4.69, 9.17) is 5.73 Å². The highest BCUT2D eigenvalue weighted by Crippen LogP contribution is 2.31. The average molecular weight is 192 g/mol. The standard InChI is InChI=1S/C11H16N2O/c1-13-6-5-11(14,8-13)9-3-2-4-10(12)7-9/h2-4,7,14H,5-6,8,12H2,1H3. The fraction of sp³-hybridized carbons (Fsp3) is 0.455. The van der Waals surface area contributed by atoms with Crippen LogP contribution in [-0.2, 0) is 5.60 Å². The second-order valence-corrected chi connectivity index (χ2v) is 4.14. The molecule has 0 radical (unpaired) electrons. The molecular formula is C11H16N2O. The molecular weight excluding hydrogens is 176 g/mol. The number of hydrogen-bond donors (Lipinski definition) is 2. The highest BCUT2D eigenvalue weighted by atomic mass is 16.3. The van der Waals surface area contributed by atoms with E-state index in [2.05, 4.69) is 4.90 Å². The lowest BCUT2D eigenvalue weighted by atomic mass is 9.93. The van der Waals surface area contributed by atoms with Gasteiger partial charge in [0.25, 0.3) is 0 Å². The number of rotatable bonds is 1. The zero-order valence-corrected chi connectivity index (χ0v) is 8.40. The Labute approximate surface area is 84.1 Å². The van der Waals surface area contributed by atoms with Gasteiger partial charge in [-0.15, -0.1) is 0 Å². The van der Waals surface area contributed by atoms with Crippen molar-refractivity contribution in [1.82, 2.24) is 4.90 Å². The normalized spacial score (nSPS) is 28.1. The van der Waals surface area contributed by atoms with Crippen molar-refractivity contribution in [3.63, 3.8) is 0 Å². The fourth-order valence-electron chi connectivity index (χ4n) is 2.04. The SMILES string of the molecule is CN1CCC(O)(c2cccc(N)c2)C1. The largest absolute Gasteiger partial charge is 0.399 e. The molecule has 1 aliphatic rings. The summed E-state index contributed by atoms with van der Waals surface area (Å²) >= 11 is 0. The molecule has 1 unspecified atom stereocenters. The quantitative estimate of drug-likeness (QED) is 0.647. The van der Waals surface area contributed by atoms with E-state index >= 15 is 0 Å². The monoisotopic (exact) mass is 192 g/mol. The highest BCUT2D eigenvalue weighted by Gasteiger charge is 2.35. The summed E-state index contributed by atoms with van der Waals surface area (Å²) in [5.74, 6) is 0. The van der Waals surface area contributed by atoms with Crippen LogP contribution in [0.3, 0.4) is 0 Å². The summed E-state index contributed by atoms with van der Waals surface area (Å²) in [4.78, 5) is 2.13. The van der Waals surface area contributed by atoms with Crippen LogP contribution in [0.2, 0.25) is 0 Å². The van der Waals surface area contributed by atoms with Crippen molar-refractivity contribution in [2.24, 2.45) is 0 Å². The van der Waals surface area contributed by atoms with Crippen molar-refractivity contribution in [1.29, 1.82) is 0 Å². The van der Waals surface area contributed by atoms with Gasteiger partial charge in [0.05, 0.1) is 0 Å². The minimum absolute atomic E-state index is 0.691. The van der Waals surface area contributed by atoms with Crippen LogP contribution in [0.4, 0.5) is 5.69 Å². The number of benzene rings is 1. The maximum absolute atomic E-state index is 10.4. The molecule has 1 saturated heterocycles. The number of nitrogens with two attached hydrogens (primary N) is 1. The average Bonchev–Trinajstić information content (AvgIpc) is 2.48. The van der Waals surface area contributed by atoms with Gasteiger partial charge in [-0.25, -0.2) is 0 Å². The Bertz CT molecular complexity index is 340. The summed E-state index contributed by atoms with van der Waals surface area (Å²) < 4.78 is 0. The van der Waals surface area contributed by atoms with Crippen molar-refractivity contribution < 1.29 is 5.11 Å². The zero-order valence-electron chi connectivity index (χ0n) is 8.40. The molecule has 0 aliphatic carbocycles. The van der Waals surface area contributed by atoms with Crippen LogP contribution in [0.15, 0.2) is 24.3 Å². The summed E-state index contributed by atoms with van der Waals surface area (Å²) in [5, 5.41) is 10.4. The van der Waals surface area contributed by atoms with E-state index < -0.39 is 5.60 Å². The van der Waals surface area contributed by atoms with E-state index in [0.29, 0.717) is 12.2 Å². The summed E-state index contributed by atoms with van der Waals surface area (Å²) in [6.07, 6.45) is 0.785. The molecule has 0 amide bonds. The molecule has 1 aromatic rings. The van der Waals surface area contributed by atoms with Crippen molar-refractivity contribution in [3.05, 3.63) is 29.8 Å². The van der Waals surface area contributed by atoms with E-state index in [-0.39, 0.29) is 0 Å². The van der Waals surface area contributed by atoms with Crippen molar-refractivity contribution in [2.75, 3.05) is 25.9 Å². The van der Waals surface area contributed by atoms with Gasteiger partial charge in [0.15, 0.2) is 0 Å². The lowest BCUT2D eigenvalue weighted by Gasteiger charge is -2.23. The van der Waals surface area contributed by atoms with Gasteiger partial charge in [-0.2, -0.15) is 0 Å². The third-order valence-corrected chi connectivity index (χ3v) is 2.86. The van der Waals surface area contributed by atoms with Gasteiger partial charge < -0.3 is 15.7 Å². The second-order valence-electron chi connectivity index (χ2n) is 4.14. The molecule has 0 bridgehead atoms. The number of β-amino-alcohol motifs (C(OH)–C–C–N with tert-alkyl or cyclic N) is 1. The highest BCUT2D eigenvalue weighted by molar-refractivity contribution is 5.43. The van der Waals surface area contributed by atoms with Crippen LogP contribution < -0.4 is 5.73 Å². The first-order valence-corrected chi connectivity index (χ1v) is 4.87. The first-order chi connectivity index (χ1) is 6.60. The van der Waals surface area contributed by atoms with Crippen LogP contribution in [0.1, 0.15) is 12.0 Å². The Kier molecular flexibility index (Phi) is 2.21. The predicted octanol–water partition coefficient (Wildman–Crippen LogP) is 0.792. The maximum Gasteiger partial charge on any atom is 0.104 e. The first-order valence-electron chi connectivity index (χ1n) is 4.87. The summed E-state index contributed by atoms with van der Waals surface area (Å²) in [6, 6.07) is 7.53. The van der Waals surface area contributed by atoms with Crippen molar-refractivity contribution in [3.8, 4) is 0 Å². The molecule has 1 aromatic carbocycles. The number of likely N-dealkylation sites (N-methyl/N-ethyl adjacent to an activating group) is 1. The van der Waals surface area contributed by atoms with Crippen LogP contribution >= 0.6 is 0 Å². The summed E-state index contributed by atoms with van der Waals surface area (Å²) in [5.41, 5.74) is 6.64. The topological polar surface area (TPSA) is 49.5 Å². The number of nitrogen functional groups attached to an aromatic ring is 1. The Morgan fingerprint density at radius 3 is 2.86 bits per heavy atom. The van der Waals surface area contributed by atoms with Crippen molar-refractivity contribution >= 4 is 5.69 Å². The van der Waals surface area contributed by atoms with E-state index in [1.165, 1.54) is 0 Å². The molecule has 0 aromatic heterocycles. The third-order valence-electron chi connectivity index (χ3n) is 2.86. The molecule has 0 spiro atoms. The van der Waals surface area contributed by atoms with E-state index in [1.54, 1.807) is 0 Å². The summed E-state index contributed by atoms with van der Waals surface area (Å²) in [6.45, 7) is 1.63. The van der Waals surface area contributed by atoms with Gasteiger partial charge in [-0.1, -0.05) is 12.1 Å². The minimum atomic E-state index is -0.704. The Balaban J connectivity index is 2.30. The molecule has 3 nitrogen and oxygen atoms in total. The number of likely N-dealkylation sites (tertiary alicyclic amines) is 1. The number of hydrogen-bond acceptors (Lipinski definition) is 3. The number of aliphatic hydroxyl groups is 1. The number of anilines is 1. The van der Waals surface area contributed by atoms with Gasteiger partial charge >= 0.3 is 0 Å². The Morgan fingerprint density at radius 1 is 1.50 bits per heavy atom. The lowest BCUT2D eigenvalue weighted by Crippen LogP contribution is -2.29. The Hall–Kier alpha value is -1.06. The third kappa shape index (κ3) is 1.61. The molecule has 76 valence electrons. The maximum atomic E-state index is 10.4. The molecule has 1 atom stereocenters. The molecule has 1 fully saturated rings. The molecule has 1 aliphatic heterocycles. The minimum Gasteiger partial charge on any atom is -0.399 e. The van der Waals surface area contributed by atoms with Gasteiger partial charge in [-0.3, -0.25) is 0 Å². The number of nitrogens with zero attached hydrogens (tertiary/aromatic N) is 1. The second kappa shape index (κ2) is 3.26. The van der Waals surface area contributed by atoms with Crippen LogP contribution in [-0.4, -0.2) is 30.1 Å². The van der Waals surface area contributed by atoms with Crippen molar-refractivity contribution in [2.45, 2.75) is 12.0 Å². The van der Waals surface area contributed by atoms with E-state index in [0.717, 1.165) is 18.5 Å². The van der Waals surface area contributed by atoms with E-state index in [9.17, 15) is 5.11 Å². The Morgan fingerprint density at radius 2 is 2.29 bits per heavy atom. The smallest absolute Gasteiger partial charge is 0.104 e. The molecule has 3 N–H and O–H groups in total. The van der Waals surface area contributed by atoms with Crippen LogP contribution in [0.25, 0.3) is 0 Å². The first kappa shape index (κ1) is 9.49. The van der Waals surface area contributed by atoms with Crippen LogP contribution in [0.5, 0.6) is 0 Å². The molecule has 2 rings (SSSR count). The molecule has 1 heterocycles. The zero-order chi connectivity index (χ0) is 10.2. The van der Waals surface area contributed by atoms with E-state index in [1.807, 2.05) is 31.3 Å². The van der Waals surface area contributed by atoms with Gasteiger partial charge in [0, 0.05) is 18.8 Å². The predicted molar refractivity (Wildman–Crippen MR) is 56.9 cm³/mol. The fourth-order valence-corrected chi connectivity index (χ4v) is 2.04. The molecule has 0 saturated carbocycles. The van der Waals surface area contributed by atoms with Gasteiger partial charge in [0.1, 0.15) is 5.60 Å². The molecule has 3 heteroatoms. The summed E-state index contributed by atoms with van der Waals surface area (Å²) in [7, 11) is 2.02. The van der Waals surface area contributed by atoms with Gasteiger partial charge in [0.2, 0.25) is 0 Å².